The van der Waals surface area contributed by atoms with Crippen LogP contribution < -0.4 is 21.9 Å². The van der Waals surface area contributed by atoms with Crippen molar-refractivity contribution < 1.29 is 9.59 Å². The Kier molecular flexibility index (Phi) is 4.11. The molecule has 104 valence electrons. The van der Waals surface area contributed by atoms with Gasteiger partial charge in [0.25, 0.3) is 5.91 Å². The fourth-order valence-corrected chi connectivity index (χ4v) is 1.76. The molecule has 2 amide bonds. The summed E-state index contributed by atoms with van der Waals surface area (Å²) in [6.07, 6.45) is 0. The van der Waals surface area contributed by atoms with Gasteiger partial charge in [-0.05, 0) is 11.5 Å². The molecule has 0 aliphatic rings. The summed E-state index contributed by atoms with van der Waals surface area (Å²) in [5, 5.41) is 6.55. The van der Waals surface area contributed by atoms with Crippen LogP contribution in [0.4, 0.5) is 5.82 Å². The molecule has 0 fully saturated rings. The Morgan fingerprint density at radius 3 is 2.75 bits per heavy atom. The first-order valence-corrected chi connectivity index (χ1v) is 6.01. The molecule has 1 heterocycles. The predicted octanol–water partition coefficient (Wildman–Crippen LogP) is -0.00380. The molecule has 0 radical (unpaired) electrons. The average Bonchev–Trinajstić information content (AvgIpc) is 2.50. The molecular formula is C13H15N5O2. The third-order valence-corrected chi connectivity index (χ3v) is 2.80. The zero-order valence-electron chi connectivity index (χ0n) is 10.9. The quantitative estimate of drug-likeness (QED) is 0.463. The highest BCUT2D eigenvalue weighted by atomic mass is 16.2. The van der Waals surface area contributed by atoms with E-state index in [9.17, 15) is 9.59 Å². The number of hydrogen-bond donors (Lipinski definition) is 4. The maximum atomic E-state index is 12.0. The Balaban J connectivity index is 2.30. The second kappa shape index (κ2) is 5.98. The second-order valence-electron chi connectivity index (χ2n) is 4.08. The van der Waals surface area contributed by atoms with Crippen LogP contribution in [0.1, 0.15) is 10.5 Å². The molecule has 0 atom stereocenters. The van der Waals surface area contributed by atoms with E-state index in [2.05, 4.69) is 21.0 Å². The molecule has 2 aromatic rings. The number of nitrogens with two attached hydrogens (primary N) is 1. The fraction of sp³-hybridized carbons (Fsp3) is 0.154. The molecular weight excluding hydrogens is 258 g/mol. The first kappa shape index (κ1) is 13.8. The molecule has 0 unspecified atom stereocenters. The van der Waals surface area contributed by atoms with Crippen LogP contribution in [0.3, 0.4) is 0 Å². The van der Waals surface area contributed by atoms with E-state index in [1.54, 1.807) is 6.07 Å². The van der Waals surface area contributed by atoms with Crippen molar-refractivity contribution in [1.29, 1.82) is 0 Å². The Morgan fingerprint density at radius 2 is 2.05 bits per heavy atom. The number of carbonyl (C=O) groups excluding carboxylic acids is 2. The van der Waals surface area contributed by atoms with Crippen LogP contribution in [-0.2, 0) is 4.79 Å². The summed E-state index contributed by atoms with van der Waals surface area (Å²) in [4.78, 5) is 27.2. The molecule has 7 nitrogen and oxygen atoms in total. The van der Waals surface area contributed by atoms with Gasteiger partial charge in [0.15, 0.2) is 0 Å². The molecule has 0 bridgehead atoms. The Bertz CT molecular complexity index is 656. The third-order valence-electron chi connectivity index (χ3n) is 2.80. The lowest BCUT2D eigenvalue weighted by Crippen LogP contribution is -2.35. The van der Waals surface area contributed by atoms with Gasteiger partial charge in [-0.15, -0.1) is 0 Å². The number of rotatable bonds is 4. The number of hydrazine groups is 1. The van der Waals surface area contributed by atoms with E-state index in [4.69, 9.17) is 5.84 Å². The van der Waals surface area contributed by atoms with Gasteiger partial charge in [0, 0.05) is 12.4 Å². The highest BCUT2D eigenvalue weighted by Crippen LogP contribution is 2.21. The summed E-state index contributed by atoms with van der Waals surface area (Å²) in [5.74, 6) is 5.12. The Labute approximate surface area is 115 Å². The van der Waals surface area contributed by atoms with E-state index >= 15 is 0 Å². The minimum absolute atomic E-state index is 0.102. The number of carbonyl (C=O) groups is 2. The highest BCUT2D eigenvalue weighted by molar-refractivity contribution is 6.01. The molecule has 1 aromatic heterocycles. The second-order valence-corrected chi connectivity index (χ2v) is 4.08. The van der Waals surface area contributed by atoms with Gasteiger partial charge in [0.2, 0.25) is 5.91 Å². The van der Waals surface area contributed by atoms with Crippen molar-refractivity contribution in [2.24, 2.45) is 5.84 Å². The summed E-state index contributed by atoms with van der Waals surface area (Å²) >= 11 is 0. The SMILES string of the molecule is CNC(=O)CNC(=O)c1cc2ccccc2c(NN)n1. The molecule has 1 aromatic carbocycles. The van der Waals surface area contributed by atoms with Crippen molar-refractivity contribution in [3.05, 3.63) is 36.0 Å². The van der Waals surface area contributed by atoms with Crippen LogP contribution in [0.25, 0.3) is 10.8 Å². The molecule has 20 heavy (non-hydrogen) atoms. The lowest BCUT2D eigenvalue weighted by molar-refractivity contribution is -0.119. The highest BCUT2D eigenvalue weighted by Gasteiger charge is 2.12. The maximum absolute atomic E-state index is 12.0. The smallest absolute Gasteiger partial charge is 0.270 e. The van der Waals surface area contributed by atoms with E-state index in [0.717, 1.165) is 10.8 Å². The summed E-state index contributed by atoms with van der Waals surface area (Å²) in [6, 6.07) is 9.07. The summed E-state index contributed by atoms with van der Waals surface area (Å²) in [7, 11) is 1.50. The van der Waals surface area contributed by atoms with E-state index in [0.29, 0.717) is 5.82 Å². The number of benzene rings is 1. The van der Waals surface area contributed by atoms with Crippen LogP contribution >= 0.6 is 0 Å². The molecule has 0 aliphatic carbocycles. The third kappa shape index (κ3) is 2.83. The summed E-state index contributed by atoms with van der Waals surface area (Å²) in [5.41, 5.74) is 2.67. The van der Waals surface area contributed by atoms with E-state index in [1.165, 1.54) is 7.05 Å². The van der Waals surface area contributed by atoms with Gasteiger partial charge in [-0.25, -0.2) is 10.8 Å². The number of nitrogens with one attached hydrogen (secondary N) is 3. The van der Waals surface area contributed by atoms with Gasteiger partial charge in [-0.2, -0.15) is 0 Å². The Morgan fingerprint density at radius 1 is 1.30 bits per heavy atom. The topological polar surface area (TPSA) is 109 Å². The number of pyridine rings is 1. The number of nitrogens with zero attached hydrogens (tertiary/aromatic N) is 1. The van der Waals surface area contributed by atoms with Crippen LogP contribution in [0, 0.1) is 0 Å². The number of anilines is 1. The average molecular weight is 273 g/mol. The lowest BCUT2D eigenvalue weighted by Gasteiger charge is -2.09. The van der Waals surface area contributed by atoms with Crippen LogP contribution in [0.5, 0.6) is 0 Å². The van der Waals surface area contributed by atoms with Crippen molar-refractivity contribution in [2.45, 2.75) is 0 Å². The monoisotopic (exact) mass is 273 g/mol. The van der Waals surface area contributed by atoms with E-state index in [1.807, 2.05) is 24.3 Å². The predicted molar refractivity (Wildman–Crippen MR) is 76.0 cm³/mol. The number of hydrogen-bond acceptors (Lipinski definition) is 5. The van der Waals surface area contributed by atoms with E-state index in [-0.39, 0.29) is 18.1 Å². The van der Waals surface area contributed by atoms with Gasteiger partial charge < -0.3 is 16.1 Å². The lowest BCUT2D eigenvalue weighted by atomic mass is 10.1. The number of aromatic nitrogens is 1. The number of fused-ring (bicyclic) bond motifs is 1. The van der Waals surface area contributed by atoms with Crippen LogP contribution in [0.2, 0.25) is 0 Å². The standard InChI is InChI=1S/C13H15N5O2/c1-15-11(19)7-16-13(20)10-6-8-4-2-3-5-9(8)12(17-10)18-14/h2-6H,7,14H2,1H3,(H,15,19)(H,16,20)(H,17,18). The normalized spacial score (nSPS) is 10.1. The number of likely N-dealkylation sites (N-methyl/N-ethyl adjacent to an activating group) is 1. The van der Waals surface area contributed by atoms with E-state index < -0.39 is 5.91 Å². The first-order valence-electron chi connectivity index (χ1n) is 6.01. The van der Waals surface area contributed by atoms with Crippen molar-refractivity contribution in [3.63, 3.8) is 0 Å². The fourth-order valence-electron chi connectivity index (χ4n) is 1.76. The molecule has 0 saturated carbocycles. The van der Waals surface area contributed by atoms with Crippen LogP contribution in [-0.4, -0.2) is 30.4 Å². The molecule has 5 N–H and O–H groups in total. The summed E-state index contributed by atoms with van der Waals surface area (Å²) < 4.78 is 0. The minimum atomic E-state index is -0.434. The van der Waals surface area contributed by atoms with Crippen molar-refractivity contribution in [2.75, 3.05) is 19.0 Å². The molecule has 0 spiro atoms. The number of nitrogen functional groups attached to an aromatic ring is 1. The van der Waals surface area contributed by atoms with Crippen LogP contribution in [0.15, 0.2) is 30.3 Å². The van der Waals surface area contributed by atoms with Gasteiger partial charge in [-0.3, -0.25) is 9.59 Å². The van der Waals surface area contributed by atoms with Crippen molar-refractivity contribution in [3.8, 4) is 0 Å². The zero-order valence-corrected chi connectivity index (χ0v) is 10.9. The largest absolute Gasteiger partial charge is 0.358 e. The summed E-state index contributed by atoms with van der Waals surface area (Å²) in [6.45, 7) is -0.102. The maximum Gasteiger partial charge on any atom is 0.270 e. The van der Waals surface area contributed by atoms with Gasteiger partial charge in [0.1, 0.15) is 11.5 Å². The first-order chi connectivity index (χ1) is 9.65. The zero-order chi connectivity index (χ0) is 14.5. The molecule has 0 saturated heterocycles. The molecule has 0 aliphatic heterocycles. The molecule has 2 rings (SSSR count). The van der Waals surface area contributed by atoms with Crippen molar-refractivity contribution in [1.82, 2.24) is 15.6 Å². The van der Waals surface area contributed by atoms with Gasteiger partial charge >= 0.3 is 0 Å². The van der Waals surface area contributed by atoms with Gasteiger partial charge in [0.05, 0.1) is 6.54 Å². The molecule has 7 heteroatoms. The van der Waals surface area contributed by atoms with Gasteiger partial charge in [-0.1, -0.05) is 24.3 Å². The minimum Gasteiger partial charge on any atom is -0.358 e. The number of amides is 2. The Hall–Kier alpha value is -2.67. The van der Waals surface area contributed by atoms with Crippen molar-refractivity contribution >= 4 is 28.4 Å².